The Labute approximate surface area is 134 Å². The number of rotatable bonds is 3. The number of H-pyrrole nitrogens is 1. The van der Waals surface area contributed by atoms with E-state index in [1.54, 1.807) is 0 Å². The number of aryl methyl sites for hydroxylation is 2. The zero-order valence-corrected chi connectivity index (χ0v) is 13.3. The summed E-state index contributed by atoms with van der Waals surface area (Å²) in [6.07, 6.45) is 0.758. The average Bonchev–Trinajstić information content (AvgIpc) is 3.27. The largest absolute Gasteiger partial charge is 0.368 e. The summed E-state index contributed by atoms with van der Waals surface area (Å²) in [6.45, 7) is 5.44. The summed E-state index contributed by atoms with van der Waals surface area (Å²) in [5.41, 5.74) is 10.3. The molecule has 3 aromatic rings. The van der Waals surface area contributed by atoms with Crippen molar-refractivity contribution in [2.75, 3.05) is 13.2 Å². The molecule has 0 aliphatic carbocycles. The fraction of sp³-hybridized carbons (Fsp3) is 0.412. The SMILES string of the molecule is Cc1[nH]c2ccc(-c3noc([C@H]4OCC[C@H]4CN)n3)cc2c1C. The highest BCUT2D eigenvalue weighted by atomic mass is 16.5. The molecule has 1 aromatic carbocycles. The van der Waals surface area contributed by atoms with Crippen LogP contribution >= 0.6 is 0 Å². The van der Waals surface area contributed by atoms with E-state index in [-0.39, 0.29) is 12.0 Å². The zero-order chi connectivity index (χ0) is 16.0. The summed E-state index contributed by atoms with van der Waals surface area (Å²) in [6, 6.07) is 6.15. The minimum absolute atomic E-state index is 0.179. The number of benzene rings is 1. The molecule has 2 atom stereocenters. The normalized spacial score (nSPS) is 21.3. The van der Waals surface area contributed by atoms with Crippen molar-refractivity contribution >= 4 is 10.9 Å². The number of aromatic amines is 1. The Hall–Kier alpha value is -2.18. The van der Waals surface area contributed by atoms with Crippen molar-refractivity contribution in [3.05, 3.63) is 35.3 Å². The topological polar surface area (TPSA) is 90.0 Å². The molecule has 4 rings (SSSR count). The molecule has 0 unspecified atom stereocenters. The van der Waals surface area contributed by atoms with Crippen molar-refractivity contribution in [1.29, 1.82) is 0 Å². The summed E-state index contributed by atoms with van der Waals surface area (Å²) in [5, 5.41) is 5.31. The van der Waals surface area contributed by atoms with Crippen molar-refractivity contribution in [1.82, 2.24) is 15.1 Å². The first kappa shape index (κ1) is 14.4. The third-order valence-corrected chi connectivity index (χ3v) is 4.77. The Morgan fingerprint density at radius 2 is 2.22 bits per heavy atom. The molecule has 2 aromatic heterocycles. The van der Waals surface area contributed by atoms with E-state index >= 15 is 0 Å². The average molecular weight is 312 g/mol. The van der Waals surface area contributed by atoms with Gasteiger partial charge in [-0.15, -0.1) is 0 Å². The molecule has 120 valence electrons. The molecule has 0 bridgehead atoms. The smallest absolute Gasteiger partial charge is 0.256 e. The molecular weight excluding hydrogens is 292 g/mol. The van der Waals surface area contributed by atoms with Crippen molar-refractivity contribution < 1.29 is 9.26 Å². The third kappa shape index (κ3) is 2.34. The highest BCUT2D eigenvalue weighted by molar-refractivity contribution is 5.88. The van der Waals surface area contributed by atoms with Crippen LogP contribution in [-0.4, -0.2) is 28.3 Å². The minimum atomic E-state index is -0.179. The number of hydrogen-bond acceptors (Lipinski definition) is 5. The van der Waals surface area contributed by atoms with Crippen molar-refractivity contribution in [3.63, 3.8) is 0 Å². The molecule has 23 heavy (non-hydrogen) atoms. The van der Waals surface area contributed by atoms with E-state index in [2.05, 4.69) is 41.1 Å². The Bertz CT molecular complexity index is 852. The van der Waals surface area contributed by atoms with Gasteiger partial charge in [0, 0.05) is 34.7 Å². The number of nitrogens with two attached hydrogens (primary N) is 1. The fourth-order valence-electron chi connectivity index (χ4n) is 3.22. The van der Waals surface area contributed by atoms with Crippen LogP contribution in [-0.2, 0) is 4.74 Å². The molecule has 6 heteroatoms. The predicted octanol–water partition coefficient (Wildman–Crippen LogP) is 2.87. The Morgan fingerprint density at radius 1 is 1.35 bits per heavy atom. The van der Waals surface area contributed by atoms with Gasteiger partial charge in [-0.1, -0.05) is 5.16 Å². The number of aromatic nitrogens is 3. The van der Waals surface area contributed by atoms with Crippen LogP contribution in [0, 0.1) is 19.8 Å². The quantitative estimate of drug-likeness (QED) is 0.776. The Kier molecular flexibility index (Phi) is 3.43. The third-order valence-electron chi connectivity index (χ3n) is 4.77. The van der Waals surface area contributed by atoms with Gasteiger partial charge >= 0.3 is 0 Å². The molecule has 0 spiro atoms. The lowest BCUT2D eigenvalue weighted by Gasteiger charge is -2.11. The van der Waals surface area contributed by atoms with E-state index in [0.29, 0.717) is 24.9 Å². The number of nitrogens with one attached hydrogen (secondary N) is 1. The van der Waals surface area contributed by atoms with Gasteiger partial charge in [0.05, 0.1) is 0 Å². The maximum atomic E-state index is 5.79. The fourth-order valence-corrected chi connectivity index (χ4v) is 3.22. The first-order chi connectivity index (χ1) is 11.2. The monoisotopic (exact) mass is 312 g/mol. The van der Waals surface area contributed by atoms with Gasteiger partial charge < -0.3 is 20.0 Å². The van der Waals surface area contributed by atoms with E-state index in [4.69, 9.17) is 15.0 Å². The second kappa shape index (κ2) is 5.47. The number of fused-ring (bicyclic) bond motifs is 1. The molecule has 1 aliphatic heterocycles. The van der Waals surface area contributed by atoms with Gasteiger partial charge in [-0.05, 0) is 50.6 Å². The van der Waals surface area contributed by atoms with Crippen molar-refractivity contribution in [2.24, 2.45) is 11.7 Å². The molecule has 1 saturated heterocycles. The van der Waals surface area contributed by atoms with Gasteiger partial charge in [0.25, 0.3) is 5.89 Å². The lowest BCUT2D eigenvalue weighted by atomic mass is 10.0. The van der Waals surface area contributed by atoms with Crippen LogP contribution in [0.25, 0.3) is 22.3 Å². The first-order valence-electron chi connectivity index (χ1n) is 7.92. The first-order valence-corrected chi connectivity index (χ1v) is 7.92. The van der Waals surface area contributed by atoms with Crippen LogP contribution in [0.2, 0.25) is 0 Å². The lowest BCUT2D eigenvalue weighted by molar-refractivity contribution is 0.0642. The van der Waals surface area contributed by atoms with Gasteiger partial charge in [-0.25, -0.2) is 0 Å². The van der Waals surface area contributed by atoms with Crippen molar-refractivity contribution in [2.45, 2.75) is 26.4 Å². The van der Waals surface area contributed by atoms with Crippen LogP contribution in [0.4, 0.5) is 0 Å². The molecular formula is C17H20N4O2. The number of hydrogen-bond donors (Lipinski definition) is 2. The van der Waals surface area contributed by atoms with E-state index in [1.807, 2.05) is 6.07 Å². The molecule has 3 heterocycles. The molecule has 0 amide bonds. The summed E-state index contributed by atoms with van der Waals surface area (Å²) in [5.74, 6) is 1.36. The number of ether oxygens (including phenoxy) is 1. The molecule has 3 N–H and O–H groups in total. The minimum Gasteiger partial charge on any atom is -0.368 e. The molecule has 1 fully saturated rings. The standard InChI is InChI=1S/C17H20N4O2/c1-9-10(2)19-14-4-3-11(7-13(9)14)16-20-17(23-21-16)15-12(8-18)5-6-22-15/h3-4,7,12,15,19H,5-6,8,18H2,1-2H3/t12-,15-/m0/s1. The van der Waals surface area contributed by atoms with Crippen LogP contribution in [0.5, 0.6) is 0 Å². The van der Waals surface area contributed by atoms with Crippen LogP contribution in [0.15, 0.2) is 22.7 Å². The second-order valence-corrected chi connectivity index (χ2v) is 6.17. The van der Waals surface area contributed by atoms with Gasteiger partial charge in [0.15, 0.2) is 0 Å². The Balaban J connectivity index is 1.70. The predicted molar refractivity (Wildman–Crippen MR) is 86.9 cm³/mol. The molecule has 0 saturated carbocycles. The van der Waals surface area contributed by atoms with Crippen LogP contribution in [0.3, 0.4) is 0 Å². The maximum Gasteiger partial charge on any atom is 0.256 e. The van der Waals surface area contributed by atoms with E-state index in [0.717, 1.165) is 17.5 Å². The van der Waals surface area contributed by atoms with E-state index in [1.165, 1.54) is 16.6 Å². The summed E-state index contributed by atoms with van der Waals surface area (Å²) >= 11 is 0. The van der Waals surface area contributed by atoms with Crippen molar-refractivity contribution in [3.8, 4) is 11.4 Å². The lowest BCUT2D eigenvalue weighted by Crippen LogP contribution is -2.18. The van der Waals surface area contributed by atoms with E-state index < -0.39 is 0 Å². The highest BCUT2D eigenvalue weighted by Crippen LogP contribution is 2.34. The molecule has 1 aliphatic rings. The zero-order valence-electron chi connectivity index (χ0n) is 13.3. The number of nitrogens with zero attached hydrogens (tertiary/aromatic N) is 2. The highest BCUT2D eigenvalue weighted by Gasteiger charge is 2.33. The molecule has 0 radical (unpaired) electrons. The van der Waals surface area contributed by atoms with Gasteiger partial charge in [-0.2, -0.15) is 4.98 Å². The maximum absolute atomic E-state index is 5.79. The Morgan fingerprint density at radius 3 is 3.04 bits per heavy atom. The van der Waals surface area contributed by atoms with Gasteiger partial charge in [0.1, 0.15) is 6.10 Å². The molecule has 6 nitrogen and oxygen atoms in total. The summed E-state index contributed by atoms with van der Waals surface area (Å²) in [7, 11) is 0. The summed E-state index contributed by atoms with van der Waals surface area (Å²) in [4.78, 5) is 7.91. The summed E-state index contributed by atoms with van der Waals surface area (Å²) < 4.78 is 11.1. The van der Waals surface area contributed by atoms with E-state index in [9.17, 15) is 0 Å². The van der Waals surface area contributed by atoms with Gasteiger partial charge in [0.2, 0.25) is 5.82 Å². The van der Waals surface area contributed by atoms with Gasteiger partial charge in [-0.3, -0.25) is 0 Å². The van der Waals surface area contributed by atoms with Crippen LogP contribution in [0.1, 0.15) is 29.7 Å². The second-order valence-electron chi connectivity index (χ2n) is 6.17. The van der Waals surface area contributed by atoms with Crippen LogP contribution < -0.4 is 5.73 Å².